The Morgan fingerprint density at radius 1 is 1.20 bits per heavy atom. The second-order valence-electron chi connectivity index (χ2n) is 5.11. The maximum atomic E-state index is 5.46. The van der Waals surface area contributed by atoms with Gasteiger partial charge in [0.2, 0.25) is 4.77 Å². The van der Waals surface area contributed by atoms with Crippen LogP contribution in [0.3, 0.4) is 0 Å². The highest BCUT2D eigenvalue weighted by molar-refractivity contribution is 7.71. The predicted molar refractivity (Wildman–Crippen MR) is 100 cm³/mol. The van der Waals surface area contributed by atoms with Crippen molar-refractivity contribution in [1.29, 1.82) is 0 Å². The molecule has 0 aliphatic carbocycles. The van der Waals surface area contributed by atoms with Gasteiger partial charge in [0, 0.05) is 11.1 Å². The molecule has 25 heavy (non-hydrogen) atoms. The van der Waals surface area contributed by atoms with E-state index >= 15 is 0 Å². The SMILES string of the molecule is CCOc1ccc(-c2n[nH]c(=S)n2/N=C\c2ccccc2OC)cc1. The fourth-order valence-electron chi connectivity index (χ4n) is 2.35. The summed E-state index contributed by atoms with van der Waals surface area (Å²) in [5.41, 5.74) is 1.73. The number of hydrogen-bond acceptors (Lipinski definition) is 5. The summed E-state index contributed by atoms with van der Waals surface area (Å²) in [7, 11) is 1.63. The van der Waals surface area contributed by atoms with Gasteiger partial charge >= 0.3 is 0 Å². The molecule has 0 amide bonds. The number of rotatable bonds is 6. The second kappa shape index (κ2) is 7.76. The molecule has 0 saturated carbocycles. The monoisotopic (exact) mass is 354 g/mol. The molecule has 3 aromatic rings. The average molecular weight is 354 g/mol. The highest BCUT2D eigenvalue weighted by atomic mass is 32.1. The molecular weight excluding hydrogens is 336 g/mol. The molecule has 6 nitrogen and oxygen atoms in total. The van der Waals surface area contributed by atoms with E-state index in [-0.39, 0.29) is 0 Å². The first-order valence-electron chi connectivity index (χ1n) is 7.81. The lowest BCUT2D eigenvalue weighted by Gasteiger charge is -2.05. The van der Waals surface area contributed by atoms with Gasteiger partial charge in [0.1, 0.15) is 11.5 Å². The van der Waals surface area contributed by atoms with Crippen LogP contribution in [0.15, 0.2) is 53.6 Å². The van der Waals surface area contributed by atoms with Crippen LogP contribution < -0.4 is 9.47 Å². The van der Waals surface area contributed by atoms with E-state index in [1.54, 1.807) is 18.0 Å². The standard InChI is InChI=1S/C18H18N4O2S/c1-3-24-15-10-8-13(9-11-15)17-20-21-18(25)22(17)19-12-14-6-4-5-7-16(14)23-2/h4-12H,3H2,1-2H3,(H,21,25)/b19-12-. The van der Waals surface area contributed by atoms with Crippen molar-refractivity contribution < 1.29 is 9.47 Å². The van der Waals surface area contributed by atoms with E-state index in [0.29, 0.717) is 17.2 Å². The van der Waals surface area contributed by atoms with Crippen LogP contribution in [0.1, 0.15) is 12.5 Å². The highest BCUT2D eigenvalue weighted by Crippen LogP contribution is 2.21. The molecule has 0 spiro atoms. The number of nitrogens with zero attached hydrogens (tertiary/aromatic N) is 3. The zero-order valence-electron chi connectivity index (χ0n) is 14.0. The van der Waals surface area contributed by atoms with Crippen LogP contribution in [-0.4, -0.2) is 34.8 Å². The summed E-state index contributed by atoms with van der Waals surface area (Å²) >= 11 is 5.29. The molecule has 0 radical (unpaired) electrons. The van der Waals surface area contributed by atoms with Crippen LogP contribution in [0.5, 0.6) is 11.5 Å². The molecule has 128 valence electrons. The molecule has 2 aromatic carbocycles. The van der Waals surface area contributed by atoms with Gasteiger partial charge in [0.15, 0.2) is 5.82 Å². The van der Waals surface area contributed by atoms with Crippen molar-refractivity contribution in [2.45, 2.75) is 6.92 Å². The zero-order valence-corrected chi connectivity index (χ0v) is 14.8. The van der Waals surface area contributed by atoms with Gasteiger partial charge in [-0.25, -0.2) is 5.10 Å². The third kappa shape index (κ3) is 3.77. The smallest absolute Gasteiger partial charge is 0.216 e. The third-order valence-corrected chi connectivity index (χ3v) is 3.79. The summed E-state index contributed by atoms with van der Waals surface area (Å²) < 4.78 is 12.8. The zero-order chi connectivity index (χ0) is 17.6. The molecule has 7 heteroatoms. The van der Waals surface area contributed by atoms with E-state index < -0.39 is 0 Å². The molecule has 0 atom stereocenters. The maximum Gasteiger partial charge on any atom is 0.216 e. The van der Waals surface area contributed by atoms with Crippen LogP contribution in [0.4, 0.5) is 0 Å². The number of methoxy groups -OCH3 is 1. The van der Waals surface area contributed by atoms with Gasteiger partial charge in [-0.15, -0.1) is 0 Å². The summed E-state index contributed by atoms with van der Waals surface area (Å²) in [6, 6.07) is 15.3. The predicted octanol–water partition coefficient (Wildman–Crippen LogP) is 3.90. The summed E-state index contributed by atoms with van der Waals surface area (Å²) in [4.78, 5) is 0. The molecule has 3 rings (SSSR count). The Kier molecular flexibility index (Phi) is 5.25. The summed E-state index contributed by atoms with van der Waals surface area (Å²) in [5, 5.41) is 11.5. The molecule has 1 heterocycles. The lowest BCUT2D eigenvalue weighted by atomic mass is 10.2. The minimum Gasteiger partial charge on any atom is -0.496 e. The first-order chi connectivity index (χ1) is 12.2. The number of ether oxygens (including phenoxy) is 2. The van der Waals surface area contributed by atoms with Gasteiger partial charge < -0.3 is 9.47 Å². The van der Waals surface area contributed by atoms with Crippen molar-refractivity contribution in [3.05, 3.63) is 58.9 Å². The van der Waals surface area contributed by atoms with Gasteiger partial charge in [0.25, 0.3) is 0 Å². The fourth-order valence-corrected chi connectivity index (χ4v) is 2.52. The molecule has 0 saturated heterocycles. The van der Waals surface area contributed by atoms with E-state index in [9.17, 15) is 0 Å². The van der Waals surface area contributed by atoms with E-state index in [1.807, 2.05) is 55.5 Å². The van der Waals surface area contributed by atoms with Crippen molar-refractivity contribution in [3.8, 4) is 22.9 Å². The Hall–Kier alpha value is -2.93. The normalized spacial score (nSPS) is 11.0. The van der Waals surface area contributed by atoms with Crippen molar-refractivity contribution in [3.63, 3.8) is 0 Å². The van der Waals surface area contributed by atoms with Crippen LogP contribution in [0.2, 0.25) is 0 Å². The second-order valence-corrected chi connectivity index (χ2v) is 5.49. The van der Waals surface area contributed by atoms with E-state index in [1.165, 1.54) is 0 Å². The topological polar surface area (TPSA) is 64.4 Å². The highest BCUT2D eigenvalue weighted by Gasteiger charge is 2.08. The van der Waals surface area contributed by atoms with Gasteiger partial charge in [-0.1, -0.05) is 12.1 Å². The molecule has 0 aliphatic rings. The number of aromatic amines is 1. The van der Waals surface area contributed by atoms with Gasteiger partial charge in [-0.2, -0.15) is 14.9 Å². The van der Waals surface area contributed by atoms with Gasteiger partial charge in [-0.05, 0) is 55.5 Å². The maximum absolute atomic E-state index is 5.46. The third-order valence-electron chi connectivity index (χ3n) is 3.53. The van der Waals surface area contributed by atoms with E-state index in [4.69, 9.17) is 21.7 Å². The van der Waals surface area contributed by atoms with Crippen LogP contribution >= 0.6 is 12.2 Å². The Bertz CT molecular complexity index is 929. The van der Waals surface area contributed by atoms with Crippen molar-refractivity contribution in [2.75, 3.05) is 13.7 Å². The number of para-hydroxylation sites is 1. The largest absolute Gasteiger partial charge is 0.496 e. The fraction of sp³-hybridized carbons (Fsp3) is 0.167. The molecule has 0 fully saturated rings. The Balaban J connectivity index is 1.94. The molecule has 1 N–H and O–H groups in total. The first kappa shape index (κ1) is 16.9. The summed E-state index contributed by atoms with van der Waals surface area (Å²) in [6.45, 7) is 2.58. The minimum atomic E-state index is 0.412. The lowest BCUT2D eigenvalue weighted by molar-refractivity contribution is 0.340. The Morgan fingerprint density at radius 2 is 1.96 bits per heavy atom. The van der Waals surface area contributed by atoms with Crippen LogP contribution in [0.25, 0.3) is 11.4 Å². The quantitative estimate of drug-likeness (QED) is 0.539. The number of benzene rings is 2. The molecule has 0 aliphatic heterocycles. The summed E-state index contributed by atoms with van der Waals surface area (Å²) in [5.74, 6) is 2.17. The first-order valence-corrected chi connectivity index (χ1v) is 8.21. The van der Waals surface area contributed by atoms with Gasteiger partial charge in [-0.3, -0.25) is 0 Å². The van der Waals surface area contributed by atoms with Crippen LogP contribution in [-0.2, 0) is 0 Å². The van der Waals surface area contributed by atoms with Crippen molar-refractivity contribution >= 4 is 18.4 Å². The number of H-pyrrole nitrogens is 1. The number of aromatic nitrogens is 3. The van der Waals surface area contributed by atoms with E-state index in [0.717, 1.165) is 22.6 Å². The number of nitrogens with one attached hydrogen (secondary N) is 1. The molecule has 1 aromatic heterocycles. The van der Waals surface area contributed by atoms with Gasteiger partial charge in [0.05, 0.1) is 19.9 Å². The van der Waals surface area contributed by atoms with E-state index in [2.05, 4.69) is 15.3 Å². The lowest BCUT2D eigenvalue weighted by Crippen LogP contribution is -1.97. The van der Waals surface area contributed by atoms with Crippen molar-refractivity contribution in [1.82, 2.24) is 14.9 Å². The number of hydrogen-bond donors (Lipinski definition) is 1. The molecular formula is C18H18N4O2S. The van der Waals surface area contributed by atoms with Crippen LogP contribution in [0, 0.1) is 4.77 Å². The summed E-state index contributed by atoms with van der Waals surface area (Å²) in [6.07, 6.45) is 1.70. The Morgan fingerprint density at radius 3 is 2.68 bits per heavy atom. The Labute approximate surface area is 150 Å². The average Bonchev–Trinajstić information content (AvgIpc) is 3.01. The molecule has 0 bridgehead atoms. The minimum absolute atomic E-state index is 0.412. The van der Waals surface area contributed by atoms with Crippen molar-refractivity contribution in [2.24, 2.45) is 5.10 Å². The molecule has 0 unspecified atom stereocenters.